The first-order chi connectivity index (χ1) is 16.0. The number of nitrogens with zero attached hydrogens (tertiary/aromatic N) is 2. The molecule has 166 valence electrons. The number of aromatic nitrogens is 2. The van der Waals surface area contributed by atoms with Crippen LogP contribution in [-0.2, 0) is 6.54 Å². The van der Waals surface area contributed by atoms with E-state index in [9.17, 15) is 9.59 Å². The van der Waals surface area contributed by atoms with Crippen LogP contribution in [0.3, 0.4) is 0 Å². The minimum absolute atomic E-state index is 0.215. The quantitative estimate of drug-likeness (QED) is 0.402. The van der Waals surface area contributed by atoms with Gasteiger partial charge in [-0.25, -0.2) is 4.98 Å². The molecule has 1 aromatic heterocycles. The van der Waals surface area contributed by atoms with Crippen LogP contribution in [0.4, 0.5) is 11.4 Å². The maximum Gasteiger partial charge on any atom is 0.275 e. The molecule has 0 bridgehead atoms. The van der Waals surface area contributed by atoms with Crippen LogP contribution in [0, 0.1) is 0 Å². The van der Waals surface area contributed by atoms with Gasteiger partial charge in [0.2, 0.25) is 0 Å². The van der Waals surface area contributed by atoms with Gasteiger partial charge in [-0.3, -0.25) is 9.59 Å². The van der Waals surface area contributed by atoms with Crippen molar-refractivity contribution < 1.29 is 14.3 Å². The van der Waals surface area contributed by atoms with Crippen molar-refractivity contribution in [3.63, 3.8) is 0 Å². The molecule has 0 aliphatic rings. The predicted molar refractivity (Wildman–Crippen MR) is 128 cm³/mol. The smallest absolute Gasteiger partial charge is 0.275 e. The van der Waals surface area contributed by atoms with Crippen molar-refractivity contribution in [2.75, 3.05) is 17.7 Å². The number of benzene rings is 3. The summed E-state index contributed by atoms with van der Waals surface area (Å²) in [6, 6.07) is 21.3. The fourth-order valence-electron chi connectivity index (χ4n) is 3.16. The number of hydrogen-bond donors (Lipinski definition) is 2. The molecule has 1 heterocycles. The maximum atomic E-state index is 12.4. The highest BCUT2D eigenvalue weighted by Gasteiger charge is 2.11. The van der Waals surface area contributed by atoms with Crippen LogP contribution in [0.5, 0.6) is 5.75 Å². The highest BCUT2D eigenvalue weighted by Crippen LogP contribution is 2.17. The van der Waals surface area contributed by atoms with Gasteiger partial charge in [0.15, 0.2) is 0 Å². The Hall–Kier alpha value is -4.10. The van der Waals surface area contributed by atoms with Gasteiger partial charge in [-0.15, -0.1) is 0 Å². The second-order valence-electron chi connectivity index (χ2n) is 7.28. The molecular formula is C25H21ClN4O3. The van der Waals surface area contributed by atoms with Gasteiger partial charge in [0.05, 0.1) is 13.4 Å². The van der Waals surface area contributed by atoms with Crippen LogP contribution in [0.2, 0.25) is 5.02 Å². The third-order valence-corrected chi connectivity index (χ3v) is 5.13. The Labute approximate surface area is 196 Å². The van der Waals surface area contributed by atoms with E-state index in [1.807, 2.05) is 28.8 Å². The van der Waals surface area contributed by atoms with Gasteiger partial charge in [0.25, 0.3) is 11.8 Å². The molecular weight excluding hydrogens is 440 g/mol. The Kier molecular flexibility index (Phi) is 6.71. The third-order valence-electron chi connectivity index (χ3n) is 4.88. The van der Waals surface area contributed by atoms with Gasteiger partial charge < -0.3 is 19.9 Å². The Morgan fingerprint density at radius 2 is 1.61 bits per heavy atom. The van der Waals surface area contributed by atoms with Crippen LogP contribution < -0.4 is 15.4 Å². The lowest BCUT2D eigenvalue weighted by atomic mass is 10.1. The summed E-state index contributed by atoms with van der Waals surface area (Å²) >= 11 is 5.87. The maximum absolute atomic E-state index is 12.4. The molecule has 0 spiro atoms. The van der Waals surface area contributed by atoms with Gasteiger partial charge in [0.1, 0.15) is 11.4 Å². The largest absolute Gasteiger partial charge is 0.497 e. The molecule has 0 unspecified atom stereocenters. The van der Waals surface area contributed by atoms with Crippen LogP contribution in [0.25, 0.3) is 0 Å². The molecule has 8 heteroatoms. The Bertz CT molecular complexity index is 1270. The van der Waals surface area contributed by atoms with E-state index in [-0.39, 0.29) is 11.8 Å². The highest BCUT2D eigenvalue weighted by atomic mass is 35.5. The fraction of sp³-hybridized carbons (Fsp3) is 0.0800. The molecule has 4 aromatic rings. The first-order valence-electron chi connectivity index (χ1n) is 10.1. The van der Waals surface area contributed by atoms with Crippen molar-refractivity contribution in [2.24, 2.45) is 0 Å². The summed E-state index contributed by atoms with van der Waals surface area (Å²) < 4.78 is 6.98. The molecule has 2 amide bonds. The summed E-state index contributed by atoms with van der Waals surface area (Å²) in [7, 11) is 1.56. The molecule has 0 aliphatic heterocycles. The molecule has 33 heavy (non-hydrogen) atoms. The van der Waals surface area contributed by atoms with E-state index in [0.717, 1.165) is 5.56 Å². The van der Waals surface area contributed by atoms with Crippen molar-refractivity contribution in [3.05, 3.63) is 107 Å². The number of carbonyl (C=O) groups is 2. The third kappa shape index (κ3) is 5.78. The van der Waals surface area contributed by atoms with E-state index in [1.54, 1.807) is 68.2 Å². The van der Waals surface area contributed by atoms with Crippen molar-refractivity contribution >= 4 is 34.8 Å². The number of nitrogens with one attached hydrogen (secondary N) is 2. The van der Waals surface area contributed by atoms with Crippen molar-refractivity contribution in [1.29, 1.82) is 0 Å². The number of carbonyl (C=O) groups excluding carboxylic acids is 2. The number of methoxy groups -OCH3 is 1. The molecule has 2 N–H and O–H groups in total. The van der Waals surface area contributed by atoms with E-state index >= 15 is 0 Å². The number of halogens is 1. The zero-order chi connectivity index (χ0) is 23.2. The minimum Gasteiger partial charge on any atom is -0.497 e. The Morgan fingerprint density at radius 1 is 0.939 bits per heavy atom. The van der Waals surface area contributed by atoms with Crippen LogP contribution in [-0.4, -0.2) is 28.5 Å². The standard InChI is InChI=1S/C25H21ClN4O3/c1-33-22-4-2-3-18(13-22)24(31)28-20-9-5-17(6-10-20)14-30-15-23(27-16-30)25(32)29-21-11-7-19(26)8-12-21/h2-13,15-16H,14H2,1H3,(H,28,31)(H,29,32). The van der Waals surface area contributed by atoms with Crippen molar-refractivity contribution in [2.45, 2.75) is 6.54 Å². The second kappa shape index (κ2) is 10.0. The molecule has 0 radical (unpaired) electrons. The van der Waals surface area contributed by atoms with E-state index in [2.05, 4.69) is 15.6 Å². The molecule has 3 aromatic carbocycles. The summed E-state index contributed by atoms with van der Waals surface area (Å²) in [5, 5.41) is 6.26. The topological polar surface area (TPSA) is 85.2 Å². The number of hydrogen-bond acceptors (Lipinski definition) is 4. The molecule has 0 saturated carbocycles. The number of anilines is 2. The molecule has 4 rings (SSSR count). The Morgan fingerprint density at radius 3 is 2.30 bits per heavy atom. The van der Waals surface area contributed by atoms with Gasteiger partial charge in [-0.2, -0.15) is 0 Å². The van der Waals surface area contributed by atoms with Gasteiger partial charge in [0, 0.05) is 34.7 Å². The normalized spacial score (nSPS) is 10.5. The van der Waals surface area contributed by atoms with Gasteiger partial charge >= 0.3 is 0 Å². The fourth-order valence-corrected chi connectivity index (χ4v) is 3.29. The summed E-state index contributed by atoms with van der Waals surface area (Å²) in [5.41, 5.74) is 3.15. The average molecular weight is 461 g/mol. The van der Waals surface area contributed by atoms with E-state index in [1.165, 1.54) is 0 Å². The number of amides is 2. The zero-order valence-electron chi connectivity index (χ0n) is 17.8. The molecule has 0 aliphatic carbocycles. The lowest BCUT2D eigenvalue weighted by Gasteiger charge is -2.08. The lowest BCUT2D eigenvalue weighted by Crippen LogP contribution is -2.12. The van der Waals surface area contributed by atoms with Gasteiger partial charge in [-0.1, -0.05) is 29.8 Å². The van der Waals surface area contributed by atoms with Crippen LogP contribution >= 0.6 is 11.6 Å². The monoisotopic (exact) mass is 460 g/mol. The summed E-state index contributed by atoms with van der Waals surface area (Å²) in [6.07, 6.45) is 3.29. The number of rotatable bonds is 7. The van der Waals surface area contributed by atoms with Gasteiger partial charge in [-0.05, 0) is 60.2 Å². The first kappa shape index (κ1) is 22.1. The van der Waals surface area contributed by atoms with E-state index in [0.29, 0.717) is 39.9 Å². The molecule has 7 nitrogen and oxygen atoms in total. The summed E-state index contributed by atoms with van der Waals surface area (Å²) in [5.74, 6) is 0.110. The minimum atomic E-state index is -0.299. The van der Waals surface area contributed by atoms with E-state index < -0.39 is 0 Å². The second-order valence-corrected chi connectivity index (χ2v) is 7.71. The zero-order valence-corrected chi connectivity index (χ0v) is 18.5. The van der Waals surface area contributed by atoms with Crippen molar-refractivity contribution in [1.82, 2.24) is 9.55 Å². The van der Waals surface area contributed by atoms with Crippen LogP contribution in [0.1, 0.15) is 26.4 Å². The number of imidazole rings is 1. The highest BCUT2D eigenvalue weighted by molar-refractivity contribution is 6.30. The lowest BCUT2D eigenvalue weighted by molar-refractivity contribution is 0.101. The number of ether oxygens (including phenoxy) is 1. The van der Waals surface area contributed by atoms with Crippen molar-refractivity contribution in [3.8, 4) is 5.75 Å². The Balaban J connectivity index is 1.35. The summed E-state index contributed by atoms with van der Waals surface area (Å²) in [4.78, 5) is 29.0. The average Bonchev–Trinajstić information content (AvgIpc) is 3.30. The molecule has 0 saturated heterocycles. The molecule has 0 fully saturated rings. The van der Waals surface area contributed by atoms with Crippen LogP contribution in [0.15, 0.2) is 85.3 Å². The molecule has 0 atom stereocenters. The summed E-state index contributed by atoms with van der Waals surface area (Å²) in [6.45, 7) is 0.533. The van der Waals surface area contributed by atoms with E-state index in [4.69, 9.17) is 16.3 Å². The SMILES string of the molecule is COc1cccc(C(=O)Nc2ccc(Cn3cnc(C(=O)Nc4ccc(Cl)cc4)c3)cc2)c1. The predicted octanol–water partition coefficient (Wildman–Crippen LogP) is 5.10. The first-order valence-corrected chi connectivity index (χ1v) is 10.5.